The third kappa shape index (κ3) is 6.21. The summed E-state index contributed by atoms with van der Waals surface area (Å²) in [7, 11) is -2.58. The van der Waals surface area contributed by atoms with E-state index in [1.54, 1.807) is 6.07 Å². The maximum absolute atomic E-state index is 14.4. The first kappa shape index (κ1) is 28.5. The van der Waals surface area contributed by atoms with Crippen LogP contribution in [0, 0.1) is 5.82 Å². The molecule has 1 aliphatic rings. The van der Waals surface area contributed by atoms with Gasteiger partial charge in [0.25, 0.3) is 10.2 Å². The largest absolute Gasteiger partial charge is 0.350 e. The number of Topliss-reactive ketones (excluding diaryl/α,β-unsaturated/α-hetero) is 1. The first-order valence-corrected chi connectivity index (χ1v) is 13.8. The minimum Gasteiger partial charge on any atom is -0.350 e. The highest BCUT2D eigenvalue weighted by Gasteiger charge is 2.39. The van der Waals surface area contributed by atoms with E-state index in [0.717, 1.165) is 4.90 Å². The van der Waals surface area contributed by atoms with Crippen molar-refractivity contribution in [1.29, 1.82) is 0 Å². The van der Waals surface area contributed by atoms with Gasteiger partial charge in [0.05, 0.1) is 22.8 Å². The van der Waals surface area contributed by atoms with Gasteiger partial charge in [0, 0.05) is 42.7 Å². The first-order valence-electron chi connectivity index (χ1n) is 11.9. The third-order valence-electron chi connectivity index (χ3n) is 6.45. The smallest absolute Gasteiger partial charge is 0.298 e. The van der Waals surface area contributed by atoms with Gasteiger partial charge >= 0.3 is 0 Å². The number of fused-ring (bicyclic) bond motifs is 1. The van der Waals surface area contributed by atoms with Crippen LogP contribution in [0.4, 0.5) is 14.5 Å². The summed E-state index contributed by atoms with van der Waals surface area (Å²) in [6.45, 7) is 0.506. The maximum atomic E-state index is 14.4. The quantitative estimate of drug-likeness (QED) is 0.335. The van der Waals surface area contributed by atoms with Crippen LogP contribution in [0.15, 0.2) is 42.6 Å². The molecule has 1 aliphatic heterocycles. The zero-order chi connectivity index (χ0) is 28.5. The molecule has 0 aliphatic carbocycles. The summed E-state index contributed by atoms with van der Waals surface area (Å²) >= 11 is 5.78. The molecule has 2 aromatic carbocycles. The summed E-state index contributed by atoms with van der Waals surface area (Å²) in [6, 6.07) is 7.73. The second-order valence-electron chi connectivity index (χ2n) is 9.09. The molecule has 208 valence electrons. The average Bonchev–Trinajstić information content (AvgIpc) is 3.45. The van der Waals surface area contributed by atoms with Crippen LogP contribution in [0.3, 0.4) is 0 Å². The topological polar surface area (TPSA) is 130 Å². The molecule has 2 amide bonds. The molecular formula is C25H26ClF2N5O5S. The minimum absolute atomic E-state index is 0.103. The van der Waals surface area contributed by atoms with Crippen LogP contribution < -0.4 is 14.8 Å². The number of benzene rings is 2. The van der Waals surface area contributed by atoms with Gasteiger partial charge in [-0.2, -0.15) is 8.42 Å². The molecule has 10 nitrogen and oxygen atoms in total. The van der Waals surface area contributed by atoms with E-state index in [0.29, 0.717) is 16.5 Å². The van der Waals surface area contributed by atoms with Gasteiger partial charge in [-0.15, -0.1) is 0 Å². The number of carbonyl (C=O) groups excluding carboxylic acids is 3. The Hall–Kier alpha value is -3.55. The Bertz CT molecular complexity index is 1560. The Morgan fingerprint density at radius 3 is 2.62 bits per heavy atom. The van der Waals surface area contributed by atoms with Crippen molar-refractivity contribution < 1.29 is 31.6 Å². The molecule has 3 aromatic rings. The Balaban J connectivity index is 1.56. The van der Waals surface area contributed by atoms with Crippen molar-refractivity contribution >= 4 is 56.0 Å². The number of hydrogen-bond acceptors (Lipinski definition) is 5. The monoisotopic (exact) mass is 581 g/mol. The number of carbonyl (C=O) groups is 3. The van der Waals surface area contributed by atoms with Crippen molar-refractivity contribution in [2.24, 2.45) is 0 Å². The lowest BCUT2D eigenvalue weighted by atomic mass is 10.1. The Morgan fingerprint density at radius 1 is 1.18 bits per heavy atom. The van der Waals surface area contributed by atoms with Crippen LogP contribution >= 0.6 is 11.6 Å². The molecule has 2 atom stereocenters. The summed E-state index contributed by atoms with van der Waals surface area (Å²) in [5.41, 5.74) is 1.03. The summed E-state index contributed by atoms with van der Waals surface area (Å²) in [6.07, 6.45) is -0.206. The fourth-order valence-electron chi connectivity index (χ4n) is 4.50. The van der Waals surface area contributed by atoms with Crippen LogP contribution in [0.1, 0.15) is 29.3 Å². The maximum Gasteiger partial charge on any atom is 0.298 e. The summed E-state index contributed by atoms with van der Waals surface area (Å²) in [5, 5.41) is 2.93. The summed E-state index contributed by atoms with van der Waals surface area (Å²) in [5.74, 6) is -2.18. The van der Waals surface area contributed by atoms with E-state index in [-0.39, 0.29) is 48.1 Å². The molecule has 3 N–H and O–H groups in total. The van der Waals surface area contributed by atoms with Crippen molar-refractivity contribution in [2.45, 2.75) is 38.6 Å². The van der Waals surface area contributed by atoms with Gasteiger partial charge in [-0.05, 0) is 25.1 Å². The highest BCUT2D eigenvalue weighted by atomic mass is 35.5. The number of ketones is 1. The van der Waals surface area contributed by atoms with Crippen LogP contribution in [0.25, 0.3) is 10.9 Å². The SMILES string of the molecule is CNS(=O)(=O)Nc1ccc2c(C(C)=O)cn(CC(=O)N3C[C@H](F)C[C@H]3C(=O)NCc3cccc(Cl)c3F)c2c1. The molecule has 14 heteroatoms. The molecule has 1 fully saturated rings. The predicted octanol–water partition coefficient (Wildman–Crippen LogP) is 2.77. The van der Waals surface area contributed by atoms with Gasteiger partial charge in [0.1, 0.15) is 24.6 Å². The second kappa shape index (κ2) is 11.3. The molecule has 1 saturated heterocycles. The van der Waals surface area contributed by atoms with E-state index >= 15 is 0 Å². The van der Waals surface area contributed by atoms with Gasteiger partial charge in [0.15, 0.2) is 5.78 Å². The van der Waals surface area contributed by atoms with Crippen molar-refractivity contribution in [1.82, 2.24) is 19.5 Å². The summed E-state index contributed by atoms with van der Waals surface area (Å²) in [4.78, 5) is 39.5. The lowest BCUT2D eigenvalue weighted by molar-refractivity contribution is -0.139. The van der Waals surface area contributed by atoms with Gasteiger partial charge in [-0.1, -0.05) is 29.8 Å². The fourth-order valence-corrected chi connectivity index (χ4v) is 5.24. The number of hydrogen-bond donors (Lipinski definition) is 3. The molecule has 4 rings (SSSR count). The number of aromatic nitrogens is 1. The Labute approximate surface area is 228 Å². The van der Waals surface area contributed by atoms with Gasteiger partial charge in [0.2, 0.25) is 11.8 Å². The lowest BCUT2D eigenvalue weighted by Crippen LogP contribution is -2.46. The van der Waals surface area contributed by atoms with E-state index < -0.39 is 40.1 Å². The lowest BCUT2D eigenvalue weighted by Gasteiger charge is -2.24. The number of nitrogens with zero attached hydrogens (tertiary/aromatic N) is 2. The molecule has 0 spiro atoms. The summed E-state index contributed by atoms with van der Waals surface area (Å²) < 4.78 is 58.3. The standard InChI is InChI=1S/C25H26ClF2N5O5S/c1-14(34)19-12-32(21-9-17(6-7-18(19)21)31-39(37,38)29-2)13-23(35)33-11-16(27)8-22(33)25(36)30-10-15-4-3-5-20(26)24(15)28/h3-7,9,12,16,22,29,31H,8,10-11,13H2,1-2H3,(H,30,36)/t16-,22+/m1/s1. The highest BCUT2D eigenvalue weighted by Crippen LogP contribution is 2.27. The molecule has 0 bridgehead atoms. The minimum atomic E-state index is -3.82. The normalized spacial score (nSPS) is 17.4. The van der Waals surface area contributed by atoms with Crippen LogP contribution in [0.2, 0.25) is 5.02 Å². The van der Waals surface area contributed by atoms with E-state index in [1.807, 2.05) is 0 Å². The Morgan fingerprint density at radius 2 is 1.92 bits per heavy atom. The van der Waals surface area contributed by atoms with E-state index in [4.69, 9.17) is 11.6 Å². The molecular weight excluding hydrogens is 556 g/mol. The number of nitrogens with one attached hydrogen (secondary N) is 3. The van der Waals surface area contributed by atoms with Gasteiger partial charge in [-0.3, -0.25) is 19.1 Å². The molecule has 2 heterocycles. The van der Waals surface area contributed by atoms with Crippen LogP contribution in [0.5, 0.6) is 0 Å². The Kier molecular flexibility index (Phi) is 8.23. The van der Waals surface area contributed by atoms with Gasteiger partial charge in [-0.25, -0.2) is 13.5 Å². The molecule has 0 saturated carbocycles. The van der Waals surface area contributed by atoms with E-state index in [2.05, 4.69) is 14.8 Å². The van der Waals surface area contributed by atoms with Crippen LogP contribution in [-0.4, -0.2) is 61.3 Å². The third-order valence-corrected chi connectivity index (χ3v) is 7.78. The number of amides is 2. The van der Waals surface area contributed by atoms with Crippen molar-refractivity contribution in [2.75, 3.05) is 18.3 Å². The fraction of sp³-hybridized carbons (Fsp3) is 0.320. The van der Waals surface area contributed by atoms with Crippen molar-refractivity contribution in [3.05, 3.63) is 64.6 Å². The number of halogens is 3. The van der Waals surface area contributed by atoms with Gasteiger partial charge < -0.3 is 14.8 Å². The van der Waals surface area contributed by atoms with Crippen LogP contribution in [-0.2, 0) is 32.9 Å². The zero-order valence-corrected chi connectivity index (χ0v) is 22.6. The van der Waals surface area contributed by atoms with Crippen molar-refractivity contribution in [3.8, 4) is 0 Å². The average molecular weight is 582 g/mol. The number of likely N-dealkylation sites (tertiary alicyclic amines) is 1. The van der Waals surface area contributed by atoms with E-state index in [9.17, 15) is 31.6 Å². The molecule has 1 aromatic heterocycles. The van der Waals surface area contributed by atoms with E-state index in [1.165, 1.54) is 55.1 Å². The number of anilines is 1. The molecule has 0 unspecified atom stereocenters. The van der Waals surface area contributed by atoms with Crippen molar-refractivity contribution in [3.63, 3.8) is 0 Å². The predicted molar refractivity (Wildman–Crippen MR) is 142 cm³/mol. The highest BCUT2D eigenvalue weighted by molar-refractivity contribution is 7.90. The number of rotatable bonds is 9. The molecule has 0 radical (unpaired) electrons. The second-order valence-corrected chi connectivity index (χ2v) is 11.1. The molecule has 39 heavy (non-hydrogen) atoms. The number of alkyl halides is 1. The zero-order valence-electron chi connectivity index (χ0n) is 21.0. The first-order chi connectivity index (χ1) is 18.4.